The van der Waals surface area contributed by atoms with Crippen molar-refractivity contribution in [3.63, 3.8) is 0 Å². The number of nitrogens with zero attached hydrogens (tertiary/aromatic N) is 1. The first-order valence-corrected chi connectivity index (χ1v) is 7.27. The lowest BCUT2D eigenvalue weighted by molar-refractivity contribution is 0.544. The summed E-state index contributed by atoms with van der Waals surface area (Å²) >= 11 is 1.32. The van der Waals surface area contributed by atoms with Gasteiger partial charge in [0.2, 0.25) is 0 Å². The van der Waals surface area contributed by atoms with Gasteiger partial charge in [0.1, 0.15) is 15.5 Å². The van der Waals surface area contributed by atoms with Gasteiger partial charge in [0.15, 0.2) is 0 Å². The molecule has 2 heterocycles. The van der Waals surface area contributed by atoms with Crippen LogP contribution in [0.25, 0.3) is 21.9 Å². The van der Waals surface area contributed by atoms with Gasteiger partial charge in [-0.3, -0.25) is 5.10 Å². The highest BCUT2D eigenvalue weighted by Crippen LogP contribution is 2.31. The lowest BCUT2D eigenvalue weighted by atomic mass is 10.2. The summed E-state index contributed by atoms with van der Waals surface area (Å²) in [6, 6.07) is 17.1. The van der Waals surface area contributed by atoms with Crippen molar-refractivity contribution in [1.29, 1.82) is 0 Å². The molecule has 0 amide bonds. The molecule has 4 aromatic rings. The van der Waals surface area contributed by atoms with Crippen LogP contribution in [0.15, 0.2) is 73.7 Å². The molecule has 0 unspecified atom stereocenters. The molecule has 2 aromatic heterocycles. The molecule has 0 aliphatic rings. The van der Waals surface area contributed by atoms with E-state index in [0.29, 0.717) is 10.5 Å². The van der Waals surface area contributed by atoms with Gasteiger partial charge >= 0.3 is 5.63 Å². The molecule has 0 saturated heterocycles. The Balaban J connectivity index is 1.84. The molecule has 5 heteroatoms. The Morgan fingerprint density at radius 2 is 1.86 bits per heavy atom. The van der Waals surface area contributed by atoms with Crippen molar-refractivity contribution < 1.29 is 4.42 Å². The van der Waals surface area contributed by atoms with E-state index in [1.54, 1.807) is 6.07 Å². The summed E-state index contributed by atoms with van der Waals surface area (Å²) in [7, 11) is 0. The molecule has 0 aliphatic heterocycles. The van der Waals surface area contributed by atoms with E-state index in [9.17, 15) is 4.79 Å². The summed E-state index contributed by atoms with van der Waals surface area (Å²) < 4.78 is 5.34. The van der Waals surface area contributed by atoms with Crippen LogP contribution in [0.3, 0.4) is 0 Å². The minimum atomic E-state index is -0.342. The van der Waals surface area contributed by atoms with Crippen molar-refractivity contribution in [2.75, 3.05) is 0 Å². The first kappa shape index (κ1) is 12.2. The van der Waals surface area contributed by atoms with Crippen LogP contribution in [0.1, 0.15) is 0 Å². The molecule has 21 heavy (non-hydrogen) atoms. The van der Waals surface area contributed by atoms with Crippen LogP contribution in [-0.4, -0.2) is 10.2 Å². The second kappa shape index (κ2) is 4.79. The van der Waals surface area contributed by atoms with Gasteiger partial charge < -0.3 is 4.42 Å². The number of benzene rings is 2. The number of aromatic amines is 1. The lowest BCUT2D eigenvalue weighted by Gasteiger charge is -2.00. The first-order valence-electron chi connectivity index (χ1n) is 6.45. The van der Waals surface area contributed by atoms with E-state index in [1.165, 1.54) is 11.8 Å². The van der Waals surface area contributed by atoms with Gasteiger partial charge in [0, 0.05) is 10.8 Å². The van der Waals surface area contributed by atoms with Crippen LogP contribution < -0.4 is 5.63 Å². The van der Waals surface area contributed by atoms with E-state index in [2.05, 4.69) is 10.2 Å². The number of nitrogens with one attached hydrogen (secondary N) is 1. The fourth-order valence-corrected chi connectivity index (χ4v) is 3.13. The molecule has 0 aliphatic carbocycles. The molecule has 0 radical (unpaired) electrons. The first-order chi connectivity index (χ1) is 10.3. The van der Waals surface area contributed by atoms with Gasteiger partial charge in [-0.15, -0.1) is 0 Å². The highest BCUT2D eigenvalue weighted by atomic mass is 32.2. The standard InChI is InChI=1S/C16H10N2O2S/c19-16-14(9-10-5-1-4-8-13(10)20-16)21-15-11-6-2-3-7-12(11)17-18-15/h1-9H,(H,17,18). The molecule has 0 saturated carbocycles. The van der Waals surface area contributed by atoms with Crippen LogP contribution in [0.2, 0.25) is 0 Å². The summed E-state index contributed by atoms with van der Waals surface area (Å²) in [5.74, 6) is 0. The second-order valence-corrected chi connectivity index (χ2v) is 5.64. The highest BCUT2D eigenvalue weighted by Gasteiger charge is 2.11. The number of fused-ring (bicyclic) bond motifs is 2. The summed E-state index contributed by atoms with van der Waals surface area (Å²) in [6.45, 7) is 0. The molecule has 1 N–H and O–H groups in total. The summed E-state index contributed by atoms with van der Waals surface area (Å²) in [4.78, 5) is 12.6. The average Bonchev–Trinajstić information content (AvgIpc) is 2.91. The monoisotopic (exact) mass is 294 g/mol. The Hall–Kier alpha value is -2.53. The maximum Gasteiger partial charge on any atom is 0.350 e. The largest absolute Gasteiger partial charge is 0.422 e. The van der Waals surface area contributed by atoms with Crippen LogP contribution in [0, 0.1) is 0 Å². The third-order valence-corrected chi connectivity index (χ3v) is 4.26. The average molecular weight is 294 g/mol. The highest BCUT2D eigenvalue weighted by molar-refractivity contribution is 7.99. The lowest BCUT2D eigenvalue weighted by Crippen LogP contribution is -2.01. The summed E-state index contributed by atoms with van der Waals surface area (Å²) in [5.41, 5.74) is 1.20. The van der Waals surface area contributed by atoms with Gasteiger partial charge in [-0.25, -0.2) is 4.79 Å². The van der Waals surface area contributed by atoms with Gasteiger partial charge in [-0.1, -0.05) is 48.2 Å². The number of hydrogen-bond donors (Lipinski definition) is 1. The van der Waals surface area contributed by atoms with E-state index < -0.39 is 0 Å². The van der Waals surface area contributed by atoms with Crippen LogP contribution in [0.5, 0.6) is 0 Å². The van der Waals surface area contributed by atoms with E-state index in [1.807, 2.05) is 48.5 Å². The van der Waals surface area contributed by atoms with Crippen molar-refractivity contribution in [3.8, 4) is 0 Å². The molecule has 0 fully saturated rings. The number of H-pyrrole nitrogens is 1. The van der Waals surface area contributed by atoms with E-state index in [-0.39, 0.29) is 5.63 Å². The third-order valence-electron chi connectivity index (χ3n) is 3.25. The Morgan fingerprint density at radius 3 is 2.81 bits per heavy atom. The smallest absolute Gasteiger partial charge is 0.350 e. The zero-order chi connectivity index (χ0) is 14.2. The van der Waals surface area contributed by atoms with Crippen molar-refractivity contribution >= 4 is 33.6 Å². The molecule has 0 bridgehead atoms. The van der Waals surface area contributed by atoms with E-state index in [0.717, 1.165) is 21.3 Å². The van der Waals surface area contributed by atoms with E-state index >= 15 is 0 Å². The zero-order valence-corrected chi connectivity index (χ0v) is 11.7. The second-order valence-electron chi connectivity index (χ2n) is 4.61. The summed E-state index contributed by atoms with van der Waals surface area (Å²) in [5, 5.41) is 9.90. The number of rotatable bonds is 2. The minimum absolute atomic E-state index is 0.342. The van der Waals surface area contributed by atoms with Crippen molar-refractivity contribution in [3.05, 3.63) is 65.0 Å². The van der Waals surface area contributed by atoms with Gasteiger partial charge in [-0.05, 0) is 18.2 Å². The van der Waals surface area contributed by atoms with Gasteiger partial charge in [-0.2, -0.15) is 5.10 Å². The van der Waals surface area contributed by atoms with Gasteiger partial charge in [0.05, 0.1) is 5.52 Å². The number of hydrogen-bond acceptors (Lipinski definition) is 4. The minimum Gasteiger partial charge on any atom is -0.422 e. The van der Waals surface area contributed by atoms with Crippen LogP contribution >= 0.6 is 11.8 Å². The molecule has 102 valence electrons. The molecule has 4 rings (SSSR count). The van der Waals surface area contributed by atoms with Crippen molar-refractivity contribution in [2.24, 2.45) is 0 Å². The zero-order valence-electron chi connectivity index (χ0n) is 10.9. The van der Waals surface area contributed by atoms with E-state index in [4.69, 9.17) is 4.42 Å². The number of aromatic nitrogens is 2. The Bertz CT molecular complexity index is 1000. The third kappa shape index (κ3) is 2.11. The van der Waals surface area contributed by atoms with Crippen molar-refractivity contribution in [1.82, 2.24) is 10.2 Å². The summed E-state index contributed by atoms with van der Waals surface area (Å²) in [6.07, 6.45) is 0. The maximum atomic E-state index is 12.1. The SMILES string of the molecule is O=c1oc2ccccc2cc1Sc1n[nH]c2ccccc12. The van der Waals surface area contributed by atoms with Gasteiger partial charge in [0.25, 0.3) is 0 Å². The Morgan fingerprint density at radius 1 is 1.05 bits per heavy atom. The molecule has 2 aromatic carbocycles. The molecule has 0 spiro atoms. The van der Waals surface area contributed by atoms with Crippen LogP contribution in [0.4, 0.5) is 0 Å². The topological polar surface area (TPSA) is 58.9 Å². The van der Waals surface area contributed by atoms with Crippen LogP contribution in [-0.2, 0) is 0 Å². The molecular weight excluding hydrogens is 284 g/mol. The normalized spacial score (nSPS) is 11.2. The number of para-hydroxylation sites is 2. The fourth-order valence-electron chi connectivity index (χ4n) is 2.23. The quantitative estimate of drug-likeness (QED) is 0.571. The Labute approximate surface area is 123 Å². The van der Waals surface area contributed by atoms with Crippen molar-refractivity contribution in [2.45, 2.75) is 9.92 Å². The fraction of sp³-hybridized carbons (Fsp3) is 0. The predicted molar refractivity (Wildman–Crippen MR) is 82.7 cm³/mol. The molecule has 0 atom stereocenters. The predicted octanol–water partition coefficient (Wildman–Crippen LogP) is 3.82. The maximum absolute atomic E-state index is 12.1. The molecular formula is C16H10N2O2S. The Kier molecular flexibility index (Phi) is 2.79. The molecule has 4 nitrogen and oxygen atoms in total.